The van der Waals surface area contributed by atoms with Gasteiger partial charge >= 0.3 is 0 Å². The molecule has 2 heterocycles. The molecular weight excluding hydrogens is 344 g/mol. The van der Waals surface area contributed by atoms with Crippen molar-refractivity contribution in [2.75, 3.05) is 13.7 Å². The first-order chi connectivity index (χ1) is 12.1. The molecule has 0 atom stereocenters. The molecule has 0 bridgehead atoms. The molecule has 9 heteroatoms. The van der Waals surface area contributed by atoms with Crippen LogP contribution in [-0.4, -0.2) is 37.3 Å². The largest absolute Gasteiger partial charge is 0.497 e. The van der Waals surface area contributed by atoms with Crippen molar-refractivity contribution in [1.29, 1.82) is 0 Å². The van der Waals surface area contributed by atoms with Crippen molar-refractivity contribution in [1.82, 2.24) is 19.9 Å². The summed E-state index contributed by atoms with van der Waals surface area (Å²) < 4.78 is 37.4. The van der Waals surface area contributed by atoms with Gasteiger partial charge in [-0.1, -0.05) is 6.07 Å². The molecule has 25 heavy (non-hydrogen) atoms. The standard InChI is InChI=1S/C16H16N4O4S/c1-23-12-5-7-13(8-6-12)25(21,22)18-11-9-15-19-20-16(24-15)14-4-2-3-10-17-14/h2-8,10,18H,9,11H2,1H3. The zero-order valence-corrected chi connectivity index (χ0v) is 14.2. The van der Waals surface area contributed by atoms with Crippen LogP contribution in [0.25, 0.3) is 11.6 Å². The fraction of sp³-hybridized carbons (Fsp3) is 0.188. The van der Waals surface area contributed by atoms with Crippen molar-refractivity contribution in [3.63, 3.8) is 0 Å². The number of rotatable bonds is 7. The van der Waals surface area contributed by atoms with Crippen LogP contribution in [-0.2, 0) is 16.4 Å². The average molecular weight is 360 g/mol. The normalized spacial score (nSPS) is 11.4. The minimum absolute atomic E-state index is 0.137. The highest BCUT2D eigenvalue weighted by atomic mass is 32.2. The van der Waals surface area contributed by atoms with Gasteiger partial charge in [0.25, 0.3) is 5.89 Å². The Morgan fingerprint density at radius 2 is 1.92 bits per heavy atom. The van der Waals surface area contributed by atoms with Gasteiger partial charge in [0, 0.05) is 19.2 Å². The number of nitrogens with zero attached hydrogens (tertiary/aromatic N) is 3. The Hall–Kier alpha value is -2.78. The molecule has 3 rings (SSSR count). The molecule has 130 valence electrons. The number of hydrogen-bond acceptors (Lipinski definition) is 7. The maximum Gasteiger partial charge on any atom is 0.266 e. The van der Waals surface area contributed by atoms with Crippen LogP contribution in [0.5, 0.6) is 5.75 Å². The molecule has 1 N–H and O–H groups in total. The van der Waals surface area contributed by atoms with Crippen molar-refractivity contribution >= 4 is 10.0 Å². The summed E-state index contributed by atoms with van der Waals surface area (Å²) >= 11 is 0. The van der Waals surface area contributed by atoms with E-state index in [2.05, 4.69) is 19.9 Å². The molecule has 3 aromatic rings. The van der Waals surface area contributed by atoms with E-state index in [1.165, 1.54) is 19.2 Å². The zero-order valence-electron chi connectivity index (χ0n) is 13.4. The van der Waals surface area contributed by atoms with Crippen LogP contribution in [0.4, 0.5) is 0 Å². The maximum atomic E-state index is 12.2. The van der Waals surface area contributed by atoms with Crippen molar-refractivity contribution < 1.29 is 17.6 Å². The fourth-order valence-corrected chi connectivity index (χ4v) is 3.11. The first-order valence-corrected chi connectivity index (χ1v) is 8.94. The summed E-state index contributed by atoms with van der Waals surface area (Å²) in [5, 5.41) is 7.81. The van der Waals surface area contributed by atoms with E-state index < -0.39 is 10.0 Å². The van der Waals surface area contributed by atoms with Crippen LogP contribution < -0.4 is 9.46 Å². The third-order valence-corrected chi connectivity index (χ3v) is 4.83. The second kappa shape index (κ2) is 7.41. The third-order valence-electron chi connectivity index (χ3n) is 3.35. The molecule has 0 unspecified atom stereocenters. The highest BCUT2D eigenvalue weighted by Gasteiger charge is 2.15. The van der Waals surface area contributed by atoms with Gasteiger partial charge in [-0.05, 0) is 36.4 Å². The van der Waals surface area contributed by atoms with Gasteiger partial charge in [0.2, 0.25) is 15.9 Å². The Bertz CT molecular complexity index is 924. The van der Waals surface area contributed by atoms with Crippen molar-refractivity contribution in [3.8, 4) is 17.3 Å². The molecule has 0 aliphatic rings. The lowest BCUT2D eigenvalue weighted by molar-refractivity contribution is 0.414. The summed E-state index contributed by atoms with van der Waals surface area (Å²) in [5.41, 5.74) is 0.570. The number of methoxy groups -OCH3 is 1. The fourth-order valence-electron chi connectivity index (χ4n) is 2.08. The van der Waals surface area contributed by atoms with Crippen LogP contribution in [0.1, 0.15) is 5.89 Å². The van der Waals surface area contributed by atoms with E-state index in [0.29, 0.717) is 23.2 Å². The summed E-state index contributed by atoms with van der Waals surface area (Å²) in [6.45, 7) is 0.137. The highest BCUT2D eigenvalue weighted by molar-refractivity contribution is 7.89. The lowest BCUT2D eigenvalue weighted by Gasteiger charge is -2.06. The molecule has 0 amide bonds. The monoisotopic (exact) mass is 360 g/mol. The molecule has 0 aliphatic carbocycles. The second-order valence-electron chi connectivity index (χ2n) is 5.04. The Labute approximate surface area is 144 Å². The van der Waals surface area contributed by atoms with Gasteiger partial charge in [-0.2, -0.15) is 0 Å². The van der Waals surface area contributed by atoms with Gasteiger partial charge in [-0.3, -0.25) is 4.98 Å². The first kappa shape index (κ1) is 17.1. The van der Waals surface area contributed by atoms with E-state index in [0.717, 1.165) is 0 Å². The van der Waals surface area contributed by atoms with E-state index in [1.807, 2.05) is 6.07 Å². The smallest absolute Gasteiger partial charge is 0.266 e. The van der Waals surface area contributed by atoms with E-state index in [1.54, 1.807) is 30.5 Å². The van der Waals surface area contributed by atoms with Crippen LogP contribution >= 0.6 is 0 Å². The van der Waals surface area contributed by atoms with Gasteiger partial charge < -0.3 is 9.15 Å². The number of ether oxygens (including phenoxy) is 1. The predicted octanol–water partition coefficient (Wildman–Crippen LogP) is 1.66. The number of sulfonamides is 1. The number of hydrogen-bond donors (Lipinski definition) is 1. The van der Waals surface area contributed by atoms with E-state index in [-0.39, 0.29) is 17.9 Å². The second-order valence-corrected chi connectivity index (χ2v) is 6.81. The van der Waals surface area contributed by atoms with E-state index >= 15 is 0 Å². The number of aromatic nitrogens is 3. The molecule has 0 saturated heterocycles. The molecule has 0 saturated carbocycles. The predicted molar refractivity (Wildman–Crippen MR) is 89.4 cm³/mol. The Morgan fingerprint density at radius 3 is 2.60 bits per heavy atom. The van der Waals surface area contributed by atoms with Crippen molar-refractivity contribution in [2.45, 2.75) is 11.3 Å². The van der Waals surface area contributed by atoms with Crippen molar-refractivity contribution in [2.24, 2.45) is 0 Å². The summed E-state index contributed by atoms with van der Waals surface area (Å²) in [4.78, 5) is 4.28. The van der Waals surface area contributed by atoms with Crippen LogP contribution in [0.2, 0.25) is 0 Å². The van der Waals surface area contributed by atoms with Gasteiger partial charge in [0.05, 0.1) is 12.0 Å². The number of benzene rings is 1. The van der Waals surface area contributed by atoms with Gasteiger partial charge in [0.15, 0.2) is 0 Å². The summed E-state index contributed by atoms with van der Waals surface area (Å²) in [7, 11) is -2.09. The molecule has 2 aromatic heterocycles. The quantitative estimate of drug-likeness (QED) is 0.683. The molecule has 0 radical (unpaired) electrons. The Kier molecular flexibility index (Phi) is 5.05. The minimum Gasteiger partial charge on any atom is -0.497 e. The average Bonchev–Trinajstić information content (AvgIpc) is 3.11. The number of nitrogens with one attached hydrogen (secondary N) is 1. The molecule has 0 fully saturated rings. The van der Waals surface area contributed by atoms with Gasteiger partial charge in [-0.15, -0.1) is 10.2 Å². The highest BCUT2D eigenvalue weighted by Crippen LogP contribution is 2.16. The summed E-state index contributed by atoms with van der Waals surface area (Å²) in [6.07, 6.45) is 1.90. The Morgan fingerprint density at radius 1 is 1.12 bits per heavy atom. The molecule has 0 aliphatic heterocycles. The molecular formula is C16H16N4O4S. The van der Waals surface area contributed by atoms with Gasteiger partial charge in [0.1, 0.15) is 11.4 Å². The van der Waals surface area contributed by atoms with Crippen molar-refractivity contribution in [3.05, 3.63) is 54.6 Å². The van der Waals surface area contributed by atoms with Gasteiger partial charge in [-0.25, -0.2) is 13.1 Å². The maximum absolute atomic E-state index is 12.2. The first-order valence-electron chi connectivity index (χ1n) is 7.46. The van der Waals surface area contributed by atoms with Crippen LogP contribution in [0.15, 0.2) is 58.0 Å². The molecule has 0 spiro atoms. The van der Waals surface area contributed by atoms with E-state index in [4.69, 9.17) is 9.15 Å². The third kappa shape index (κ3) is 4.20. The number of pyridine rings is 1. The minimum atomic E-state index is -3.61. The molecule has 8 nitrogen and oxygen atoms in total. The lowest BCUT2D eigenvalue weighted by Crippen LogP contribution is -2.26. The molecule has 1 aromatic carbocycles. The van der Waals surface area contributed by atoms with Crippen LogP contribution in [0.3, 0.4) is 0 Å². The summed E-state index contributed by atoms with van der Waals surface area (Å²) in [6, 6.07) is 11.5. The lowest BCUT2D eigenvalue weighted by atomic mass is 10.3. The topological polar surface area (TPSA) is 107 Å². The Balaban J connectivity index is 1.59. The SMILES string of the molecule is COc1ccc(S(=O)(=O)NCCc2nnc(-c3ccccn3)o2)cc1. The van der Waals surface area contributed by atoms with Crippen LogP contribution in [0, 0.1) is 0 Å². The van der Waals surface area contributed by atoms with E-state index in [9.17, 15) is 8.42 Å². The zero-order chi connectivity index (χ0) is 17.7. The summed E-state index contributed by atoms with van der Waals surface area (Å²) in [5.74, 6) is 1.22.